The lowest BCUT2D eigenvalue weighted by molar-refractivity contribution is 0.0696. The summed E-state index contributed by atoms with van der Waals surface area (Å²) in [6.07, 6.45) is 0. The van der Waals surface area contributed by atoms with Gasteiger partial charge in [-0.15, -0.1) is 0 Å². The van der Waals surface area contributed by atoms with Crippen LogP contribution >= 0.6 is 27.5 Å². The molecule has 6 heteroatoms. The SMILES string of the molecule is O=C(O)c1cccc(CNC(=O)c2ccc(Br)cc2Cl)c1. The first kappa shape index (κ1) is 15.5. The number of carbonyl (C=O) groups excluding carboxylic acids is 1. The van der Waals surface area contributed by atoms with Crippen molar-refractivity contribution in [2.24, 2.45) is 0 Å². The second-order valence-corrected chi connectivity index (χ2v) is 5.64. The van der Waals surface area contributed by atoms with Gasteiger partial charge in [-0.1, -0.05) is 39.7 Å². The number of rotatable bonds is 4. The molecule has 0 aliphatic carbocycles. The van der Waals surface area contributed by atoms with Crippen LogP contribution in [0.25, 0.3) is 0 Å². The molecule has 0 spiro atoms. The lowest BCUT2D eigenvalue weighted by atomic mass is 10.1. The maximum Gasteiger partial charge on any atom is 0.335 e. The summed E-state index contributed by atoms with van der Waals surface area (Å²) in [6.45, 7) is 0.229. The first-order chi connectivity index (χ1) is 9.97. The van der Waals surface area contributed by atoms with Gasteiger partial charge < -0.3 is 10.4 Å². The van der Waals surface area contributed by atoms with Gasteiger partial charge in [0.15, 0.2) is 0 Å². The summed E-state index contributed by atoms with van der Waals surface area (Å²) in [5.41, 5.74) is 1.26. The molecular formula is C15H11BrClNO3. The van der Waals surface area contributed by atoms with Crippen LogP contribution in [0.15, 0.2) is 46.9 Å². The van der Waals surface area contributed by atoms with Gasteiger partial charge in [-0.3, -0.25) is 4.79 Å². The van der Waals surface area contributed by atoms with E-state index in [-0.39, 0.29) is 18.0 Å². The highest BCUT2D eigenvalue weighted by molar-refractivity contribution is 9.10. The molecule has 0 aromatic heterocycles. The highest BCUT2D eigenvalue weighted by Crippen LogP contribution is 2.21. The van der Waals surface area contributed by atoms with Gasteiger partial charge in [0.05, 0.1) is 16.1 Å². The van der Waals surface area contributed by atoms with Gasteiger partial charge in [0.1, 0.15) is 0 Å². The van der Waals surface area contributed by atoms with Crippen molar-refractivity contribution in [3.8, 4) is 0 Å². The topological polar surface area (TPSA) is 66.4 Å². The van der Waals surface area contributed by atoms with Crippen LogP contribution < -0.4 is 5.32 Å². The third-order valence-corrected chi connectivity index (χ3v) is 3.61. The minimum absolute atomic E-state index is 0.184. The van der Waals surface area contributed by atoms with E-state index < -0.39 is 5.97 Å². The number of amides is 1. The van der Waals surface area contributed by atoms with Gasteiger partial charge in [0, 0.05) is 11.0 Å². The summed E-state index contributed by atoms with van der Waals surface area (Å²) >= 11 is 9.28. The summed E-state index contributed by atoms with van der Waals surface area (Å²) in [6, 6.07) is 11.4. The van der Waals surface area contributed by atoms with Gasteiger partial charge in [-0.25, -0.2) is 4.79 Å². The van der Waals surface area contributed by atoms with Gasteiger partial charge >= 0.3 is 5.97 Å². The number of nitrogens with one attached hydrogen (secondary N) is 1. The van der Waals surface area contributed by atoms with Crippen molar-refractivity contribution >= 4 is 39.4 Å². The molecule has 0 aliphatic rings. The largest absolute Gasteiger partial charge is 0.478 e. The molecule has 0 saturated heterocycles. The van der Waals surface area contributed by atoms with E-state index in [1.165, 1.54) is 12.1 Å². The number of hydrogen-bond donors (Lipinski definition) is 2. The summed E-state index contributed by atoms with van der Waals surface area (Å²) in [5.74, 6) is -1.31. The predicted octanol–water partition coefficient (Wildman–Crippen LogP) is 3.73. The average Bonchev–Trinajstić information content (AvgIpc) is 2.45. The van der Waals surface area contributed by atoms with Crippen molar-refractivity contribution < 1.29 is 14.7 Å². The van der Waals surface area contributed by atoms with E-state index in [1.54, 1.807) is 30.3 Å². The van der Waals surface area contributed by atoms with Crippen molar-refractivity contribution in [1.82, 2.24) is 5.32 Å². The van der Waals surface area contributed by atoms with Crippen molar-refractivity contribution in [2.45, 2.75) is 6.54 Å². The number of aromatic carboxylic acids is 1. The quantitative estimate of drug-likeness (QED) is 0.864. The lowest BCUT2D eigenvalue weighted by Gasteiger charge is -2.08. The predicted molar refractivity (Wildman–Crippen MR) is 83.7 cm³/mol. The molecule has 0 bridgehead atoms. The maximum atomic E-state index is 12.0. The molecule has 21 heavy (non-hydrogen) atoms. The van der Waals surface area contributed by atoms with Gasteiger partial charge in [0.2, 0.25) is 0 Å². The van der Waals surface area contributed by atoms with Crippen LogP contribution in [-0.4, -0.2) is 17.0 Å². The van der Waals surface area contributed by atoms with E-state index >= 15 is 0 Å². The van der Waals surface area contributed by atoms with Crippen LogP contribution in [0.5, 0.6) is 0 Å². The lowest BCUT2D eigenvalue weighted by Crippen LogP contribution is -2.23. The fourth-order valence-corrected chi connectivity index (χ4v) is 2.52. The minimum Gasteiger partial charge on any atom is -0.478 e. The molecule has 2 rings (SSSR count). The third-order valence-electron chi connectivity index (χ3n) is 2.80. The van der Waals surface area contributed by atoms with E-state index in [1.807, 2.05) is 0 Å². The zero-order chi connectivity index (χ0) is 15.4. The molecule has 108 valence electrons. The number of carboxylic acids is 1. The van der Waals surface area contributed by atoms with Crippen LogP contribution in [0.1, 0.15) is 26.3 Å². The molecule has 2 aromatic rings. The number of benzene rings is 2. The second kappa shape index (κ2) is 6.74. The van der Waals surface area contributed by atoms with E-state index in [0.717, 1.165) is 4.47 Å². The normalized spacial score (nSPS) is 10.2. The molecule has 0 atom stereocenters. The molecule has 2 N–H and O–H groups in total. The number of carbonyl (C=O) groups is 2. The maximum absolute atomic E-state index is 12.0. The molecule has 4 nitrogen and oxygen atoms in total. The Morgan fingerprint density at radius 3 is 2.62 bits per heavy atom. The van der Waals surface area contributed by atoms with E-state index in [4.69, 9.17) is 16.7 Å². The van der Waals surface area contributed by atoms with Gasteiger partial charge in [0.25, 0.3) is 5.91 Å². The van der Waals surface area contributed by atoms with Crippen molar-refractivity contribution in [3.05, 3.63) is 68.7 Å². The number of halogens is 2. The highest BCUT2D eigenvalue weighted by atomic mass is 79.9. The summed E-state index contributed by atoms with van der Waals surface area (Å²) < 4.78 is 0.790. The van der Waals surface area contributed by atoms with E-state index in [0.29, 0.717) is 16.1 Å². The highest BCUT2D eigenvalue weighted by Gasteiger charge is 2.10. The Hall–Kier alpha value is -1.85. The van der Waals surface area contributed by atoms with Crippen LogP contribution in [0, 0.1) is 0 Å². The zero-order valence-electron chi connectivity index (χ0n) is 10.8. The standard InChI is InChI=1S/C15H11BrClNO3/c16-11-4-5-12(13(17)7-11)14(19)18-8-9-2-1-3-10(6-9)15(20)21/h1-7H,8H2,(H,18,19)(H,20,21). The third kappa shape index (κ3) is 4.06. The smallest absolute Gasteiger partial charge is 0.335 e. The van der Waals surface area contributed by atoms with Gasteiger partial charge in [-0.2, -0.15) is 0 Å². The average molecular weight is 369 g/mol. The Balaban J connectivity index is 2.07. The van der Waals surface area contributed by atoms with E-state index in [2.05, 4.69) is 21.2 Å². The summed E-state index contributed by atoms with van der Waals surface area (Å²) in [5, 5.41) is 12.0. The summed E-state index contributed by atoms with van der Waals surface area (Å²) in [4.78, 5) is 22.9. The Labute approximate surface area is 134 Å². The van der Waals surface area contributed by atoms with Crippen LogP contribution in [0.2, 0.25) is 5.02 Å². The molecule has 0 aliphatic heterocycles. The Morgan fingerprint density at radius 1 is 1.19 bits per heavy atom. The Kier molecular flexibility index (Phi) is 4.98. The minimum atomic E-state index is -1.00. The molecule has 1 amide bonds. The first-order valence-corrected chi connectivity index (χ1v) is 7.20. The van der Waals surface area contributed by atoms with Crippen molar-refractivity contribution in [3.63, 3.8) is 0 Å². The van der Waals surface area contributed by atoms with E-state index in [9.17, 15) is 9.59 Å². The molecule has 0 fully saturated rings. The fraction of sp³-hybridized carbons (Fsp3) is 0.0667. The van der Waals surface area contributed by atoms with Gasteiger partial charge in [-0.05, 0) is 35.9 Å². The first-order valence-electron chi connectivity index (χ1n) is 6.03. The number of carboxylic acid groups (broad SMARTS) is 1. The Morgan fingerprint density at radius 2 is 1.95 bits per heavy atom. The monoisotopic (exact) mass is 367 g/mol. The van der Waals surface area contributed by atoms with Crippen LogP contribution in [0.3, 0.4) is 0 Å². The molecular weight excluding hydrogens is 358 g/mol. The zero-order valence-corrected chi connectivity index (χ0v) is 13.1. The second-order valence-electron chi connectivity index (χ2n) is 4.31. The van der Waals surface area contributed by atoms with Crippen molar-refractivity contribution in [2.75, 3.05) is 0 Å². The van der Waals surface area contributed by atoms with Crippen molar-refractivity contribution in [1.29, 1.82) is 0 Å². The fourth-order valence-electron chi connectivity index (χ4n) is 1.77. The van der Waals surface area contributed by atoms with Crippen LogP contribution in [-0.2, 0) is 6.54 Å². The molecule has 0 saturated carbocycles. The molecule has 2 aromatic carbocycles. The molecule has 0 heterocycles. The Bertz CT molecular complexity index is 703. The molecule has 0 radical (unpaired) electrons. The number of hydrogen-bond acceptors (Lipinski definition) is 2. The molecule has 0 unspecified atom stereocenters. The van der Waals surface area contributed by atoms with Crippen LogP contribution in [0.4, 0.5) is 0 Å². The summed E-state index contributed by atoms with van der Waals surface area (Å²) in [7, 11) is 0.